The molecule has 3 heterocycles. The molecule has 19 heavy (non-hydrogen) atoms. The van der Waals surface area contributed by atoms with Gasteiger partial charge in [-0.15, -0.1) is 0 Å². The summed E-state index contributed by atoms with van der Waals surface area (Å²) in [5, 5.41) is 0. The third kappa shape index (κ3) is 2.56. The molecule has 0 amide bonds. The Balaban J connectivity index is 1.77. The number of rotatable bonds is 2. The summed E-state index contributed by atoms with van der Waals surface area (Å²) in [4.78, 5) is 17.2. The molecule has 0 radical (unpaired) electrons. The van der Waals surface area contributed by atoms with E-state index in [-0.39, 0.29) is 12.0 Å². The maximum Gasteiger partial charge on any atom is 0.322 e. The van der Waals surface area contributed by atoms with Crippen molar-refractivity contribution in [3.8, 4) is 6.01 Å². The van der Waals surface area contributed by atoms with E-state index in [1.54, 1.807) is 0 Å². The molecule has 1 unspecified atom stereocenters. The van der Waals surface area contributed by atoms with E-state index in [0.29, 0.717) is 12.0 Å². The van der Waals surface area contributed by atoms with Crippen LogP contribution in [0.15, 0.2) is 0 Å². The maximum atomic E-state index is 5.69. The highest BCUT2D eigenvalue weighted by molar-refractivity contribution is 5.37. The van der Waals surface area contributed by atoms with E-state index < -0.39 is 0 Å². The van der Waals surface area contributed by atoms with Crippen LogP contribution < -0.4 is 15.4 Å². The van der Waals surface area contributed by atoms with Gasteiger partial charge in [0, 0.05) is 25.7 Å². The predicted molar refractivity (Wildman–Crippen MR) is 72.2 cm³/mol. The van der Waals surface area contributed by atoms with E-state index >= 15 is 0 Å². The molecule has 104 valence electrons. The van der Waals surface area contributed by atoms with Crippen LogP contribution in [-0.4, -0.2) is 59.2 Å². The number of hydrogen-bond donors (Lipinski definition) is 1. The second kappa shape index (κ2) is 5.16. The van der Waals surface area contributed by atoms with Gasteiger partial charge in [0.2, 0.25) is 11.9 Å². The number of hydrogen-bond acceptors (Lipinski definition) is 7. The van der Waals surface area contributed by atoms with Crippen molar-refractivity contribution in [3.63, 3.8) is 0 Å². The first-order chi connectivity index (χ1) is 9.26. The van der Waals surface area contributed by atoms with Crippen molar-refractivity contribution >= 4 is 11.9 Å². The Hall–Kier alpha value is -1.63. The predicted octanol–water partition coefficient (Wildman–Crippen LogP) is 0.137. The van der Waals surface area contributed by atoms with Gasteiger partial charge in [-0.25, -0.2) is 0 Å². The molecule has 0 saturated carbocycles. The van der Waals surface area contributed by atoms with Crippen LogP contribution >= 0.6 is 0 Å². The van der Waals surface area contributed by atoms with Crippen LogP contribution in [-0.2, 0) is 0 Å². The molecule has 0 spiro atoms. The highest BCUT2D eigenvalue weighted by atomic mass is 16.5. The topological polar surface area (TPSA) is 80.4 Å². The summed E-state index contributed by atoms with van der Waals surface area (Å²) >= 11 is 0. The number of methoxy groups -OCH3 is 1. The minimum atomic E-state index is 0.216. The number of ether oxygens (including phenoxy) is 1. The molecular formula is C12H20N6O. The highest BCUT2D eigenvalue weighted by Crippen LogP contribution is 2.23. The van der Waals surface area contributed by atoms with Crippen LogP contribution in [0.3, 0.4) is 0 Å². The van der Waals surface area contributed by atoms with Crippen LogP contribution in [0.4, 0.5) is 11.9 Å². The average molecular weight is 264 g/mol. The summed E-state index contributed by atoms with van der Waals surface area (Å²) in [5.41, 5.74) is 5.69. The Labute approximate surface area is 112 Å². The molecule has 2 N–H and O–H groups in total. The van der Waals surface area contributed by atoms with Crippen LogP contribution in [0.1, 0.15) is 19.3 Å². The zero-order valence-electron chi connectivity index (χ0n) is 11.2. The lowest BCUT2D eigenvalue weighted by Gasteiger charge is -2.43. The standard InChI is InChI=1S/C12H20N6O/c1-19-12-15-10(13)14-11(16-12)18-7-6-17-5-3-2-4-9(17)8-18/h9H,2-8H2,1H3,(H2,13,14,15,16). The fourth-order valence-corrected chi connectivity index (χ4v) is 2.93. The van der Waals surface area contributed by atoms with E-state index in [4.69, 9.17) is 10.5 Å². The van der Waals surface area contributed by atoms with Crippen LogP contribution in [0.2, 0.25) is 0 Å². The zero-order valence-corrected chi connectivity index (χ0v) is 11.2. The Morgan fingerprint density at radius 1 is 1.16 bits per heavy atom. The quantitative estimate of drug-likeness (QED) is 0.813. The number of nitrogen functional groups attached to an aromatic ring is 1. The molecule has 3 rings (SSSR count). The third-order valence-corrected chi connectivity index (χ3v) is 3.92. The van der Waals surface area contributed by atoms with Crippen molar-refractivity contribution in [2.24, 2.45) is 0 Å². The summed E-state index contributed by atoms with van der Waals surface area (Å²) < 4.78 is 5.05. The van der Waals surface area contributed by atoms with E-state index in [9.17, 15) is 0 Å². The molecule has 7 nitrogen and oxygen atoms in total. The van der Waals surface area contributed by atoms with Gasteiger partial charge < -0.3 is 15.4 Å². The second-order valence-electron chi connectivity index (χ2n) is 5.11. The third-order valence-electron chi connectivity index (χ3n) is 3.92. The first-order valence-corrected chi connectivity index (χ1v) is 6.81. The second-order valence-corrected chi connectivity index (χ2v) is 5.11. The number of fused-ring (bicyclic) bond motifs is 1. The Kier molecular flexibility index (Phi) is 3.37. The lowest BCUT2D eigenvalue weighted by atomic mass is 10.00. The van der Waals surface area contributed by atoms with Gasteiger partial charge in [0.15, 0.2) is 0 Å². The summed E-state index contributed by atoms with van der Waals surface area (Å²) in [6.07, 6.45) is 3.90. The number of piperidine rings is 1. The molecule has 1 aromatic heterocycles. The molecule has 2 aliphatic rings. The molecule has 1 aromatic rings. The van der Waals surface area contributed by atoms with E-state index in [1.165, 1.54) is 32.9 Å². The molecule has 7 heteroatoms. The van der Waals surface area contributed by atoms with Crippen molar-refractivity contribution < 1.29 is 4.74 Å². The van der Waals surface area contributed by atoms with Gasteiger partial charge in [-0.1, -0.05) is 6.42 Å². The lowest BCUT2D eigenvalue weighted by molar-refractivity contribution is 0.132. The van der Waals surface area contributed by atoms with Gasteiger partial charge in [0.1, 0.15) is 0 Å². The summed E-state index contributed by atoms with van der Waals surface area (Å²) in [5.74, 6) is 0.850. The van der Waals surface area contributed by atoms with Crippen molar-refractivity contribution in [3.05, 3.63) is 0 Å². The minimum Gasteiger partial charge on any atom is -0.467 e. The fraction of sp³-hybridized carbons (Fsp3) is 0.750. The van der Waals surface area contributed by atoms with Gasteiger partial charge >= 0.3 is 6.01 Å². The summed E-state index contributed by atoms with van der Waals surface area (Å²) in [6, 6.07) is 0.903. The first kappa shape index (κ1) is 12.4. The minimum absolute atomic E-state index is 0.216. The van der Waals surface area contributed by atoms with Crippen LogP contribution in [0.5, 0.6) is 6.01 Å². The number of nitrogens with two attached hydrogens (primary N) is 1. The normalized spacial score (nSPS) is 24.1. The molecule has 0 aliphatic carbocycles. The Morgan fingerprint density at radius 2 is 2.05 bits per heavy atom. The molecule has 0 bridgehead atoms. The van der Waals surface area contributed by atoms with Gasteiger partial charge in [-0.3, -0.25) is 4.90 Å². The molecule has 2 fully saturated rings. The summed E-state index contributed by atoms with van der Waals surface area (Å²) in [7, 11) is 1.54. The number of aromatic nitrogens is 3. The molecule has 1 atom stereocenters. The Morgan fingerprint density at radius 3 is 2.89 bits per heavy atom. The van der Waals surface area contributed by atoms with Gasteiger partial charge in [0.25, 0.3) is 0 Å². The maximum absolute atomic E-state index is 5.69. The monoisotopic (exact) mass is 264 g/mol. The van der Waals surface area contributed by atoms with Crippen molar-refractivity contribution in [1.82, 2.24) is 19.9 Å². The number of piperazine rings is 1. The van der Waals surface area contributed by atoms with E-state index in [0.717, 1.165) is 19.6 Å². The average Bonchev–Trinajstić information content (AvgIpc) is 2.46. The number of anilines is 2. The van der Waals surface area contributed by atoms with Gasteiger partial charge in [-0.2, -0.15) is 15.0 Å². The highest BCUT2D eigenvalue weighted by Gasteiger charge is 2.30. The van der Waals surface area contributed by atoms with Gasteiger partial charge in [-0.05, 0) is 19.4 Å². The van der Waals surface area contributed by atoms with Crippen molar-refractivity contribution in [1.29, 1.82) is 0 Å². The van der Waals surface area contributed by atoms with Crippen molar-refractivity contribution in [2.75, 3.05) is 43.9 Å². The molecule has 0 aromatic carbocycles. The number of nitrogens with zero attached hydrogens (tertiary/aromatic N) is 5. The first-order valence-electron chi connectivity index (χ1n) is 6.81. The van der Waals surface area contributed by atoms with Gasteiger partial charge in [0.05, 0.1) is 7.11 Å². The molecule has 2 saturated heterocycles. The molecule has 2 aliphatic heterocycles. The fourth-order valence-electron chi connectivity index (χ4n) is 2.93. The largest absolute Gasteiger partial charge is 0.467 e. The van der Waals surface area contributed by atoms with Crippen LogP contribution in [0.25, 0.3) is 0 Å². The smallest absolute Gasteiger partial charge is 0.322 e. The lowest BCUT2D eigenvalue weighted by Crippen LogP contribution is -2.55. The SMILES string of the molecule is COc1nc(N)nc(N2CCN3CCCCC3C2)n1. The zero-order chi connectivity index (χ0) is 13.2. The van der Waals surface area contributed by atoms with E-state index in [1.807, 2.05) is 0 Å². The van der Waals surface area contributed by atoms with Crippen LogP contribution in [0, 0.1) is 0 Å². The Bertz CT molecular complexity index is 454. The van der Waals surface area contributed by atoms with Crippen molar-refractivity contribution in [2.45, 2.75) is 25.3 Å². The van der Waals surface area contributed by atoms with E-state index in [2.05, 4.69) is 24.8 Å². The summed E-state index contributed by atoms with van der Waals surface area (Å²) in [6.45, 7) is 4.19. The molecular weight excluding hydrogens is 244 g/mol.